The Kier molecular flexibility index (Phi) is 6.29. The number of aryl methyl sites for hydroxylation is 2. The number of ether oxygens (including phenoxy) is 1. The first-order chi connectivity index (χ1) is 11.1. The number of hydrogen-bond acceptors (Lipinski definition) is 2. The molecule has 0 atom stereocenters. The number of urea groups is 1. The molecule has 0 unspecified atom stereocenters. The van der Waals surface area contributed by atoms with Gasteiger partial charge in [-0.05, 0) is 55.7 Å². The molecule has 4 nitrogen and oxygen atoms in total. The molecule has 0 saturated heterocycles. The maximum Gasteiger partial charge on any atom is 0.319 e. The predicted octanol–water partition coefficient (Wildman–Crippen LogP) is 4.55. The van der Waals surface area contributed by atoms with E-state index in [2.05, 4.69) is 10.6 Å². The van der Waals surface area contributed by atoms with Gasteiger partial charge < -0.3 is 15.4 Å². The first kappa shape index (κ1) is 17.2. The van der Waals surface area contributed by atoms with Crippen molar-refractivity contribution in [2.45, 2.75) is 20.3 Å². The van der Waals surface area contributed by atoms with E-state index < -0.39 is 0 Å². The summed E-state index contributed by atoms with van der Waals surface area (Å²) in [7, 11) is 0. The lowest BCUT2D eigenvalue weighted by Crippen LogP contribution is -2.30. The van der Waals surface area contributed by atoms with Crippen LogP contribution in [0.25, 0.3) is 0 Å². The standard InChI is InChI=1S/C18H21ClN2O2/c1-13-8-9-15(12-14(13)2)21-18(22)20-10-5-11-23-17-7-4-3-6-16(17)19/h3-4,6-9,12H,5,10-11H2,1-2H3,(H2,20,21,22). The molecular weight excluding hydrogens is 312 g/mol. The van der Waals surface area contributed by atoms with Crippen LogP contribution in [0.3, 0.4) is 0 Å². The van der Waals surface area contributed by atoms with Gasteiger partial charge in [0.25, 0.3) is 0 Å². The van der Waals surface area contributed by atoms with Gasteiger partial charge in [0.2, 0.25) is 0 Å². The zero-order valence-electron chi connectivity index (χ0n) is 13.4. The lowest BCUT2D eigenvalue weighted by atomic mass is 10.1. The molecule has 0 aliphatic rings. The lowest BCUT2D eigenvalue weighted by Gasteiger charge is -2.10. The van der Waals surface area contributed by atoms with Crippen molar-refractivity contribution in [1.82, 2.24) is 5.32 Å². The number of amides is 2. The molecule has 2 amide bonds. The summed E-state index contributed by atoms with van der Waals surface area (Å²) in [5.41, 5.74) is 3.14. The van der Waals surface area contributed by atoms with Gasteiger partial charge in [-0.1, -0.05) is 29.8 Å². The Hall–Kier alpha value is -2.20. The zero-order valence-corrected chi connectivity index (χ0v) is 14.1. The minimum Gasteiger partial charge on any atom is -0.492 e. The SMILES string of the molecule is Cc1ccc(NC(=O)NCCCOc2ccccc2Cl)cc1C. The van der Waals surface area contributed by atoms with Crippen LogP contribution in [0.2, 0.25) is 5.02 Å². The maximum absolute atomic E-state index is 11.8. The van der Waals surface area contributed by atoms with E-state index in [1.54, 1.807) is 6.07 Å². The normalized spacial score (nSPS) is 10.2. The van der Waals surface area contributed by atoms with E-state index in [0.29, 0.717) is 30.3 Å². The second kappa shape index (κ2) is 8.44. The Morgan fingerprint density at radius 1 is 1.13 bits per heavy atom. The van der Waals surface area contributed by atoms with E-state index in [1.165, 1.54) is 5.56 Å². The summed E-state index contributed by atoms with van der Waals surface area (Å²) in [5.74, 6) is 0.661. The van der Waals surface area contributed by atoms with Crippen LogP contribution in [-0.4, -0.2) is 19.2 Å². The molecule has 122 valence electrons. The molecule has 0 radical (unpaired) electrons. The summed E-state index contributed by atoms with van der Waals surface area (Å²) in [4.78, 5) is 11.8. The van der Waals surface area contributed by atoms with Crippen LogP contribution in [0.5, 0.6) is 5.75 Å². The molecule has 5 heteroatoms. The van der Waals surface area contributed by atoms with Crippen molar-refractivity contribution in [2.24, 2.45) is 0 Å². The van der Waals surface area contributed by atoms with Crippen molar-refractivity contribution >= 4 is 23.3 Å². The third-order valence-corrected chi connectivity index (χ3v) is 3.78. The number of hydrogen-bond donors (Lipinski definition) is 2. The molecule has 2 aromatic carbocycles. The van der Waals surface area contributed by atoms with E-state index in [1.807, 2.05) is 50.2 Å². The minimum atomic E-state index is -0.217. The average molecular weight is 333 g/mol. The molecule has 23 heavy (non-hydrogen) atoms. The lowest BCUT2D eigenvalue weighted by molar-refractivity contribution is 0.250. The van der Waals surface area contributed by atoms with Gasteiger partial charge in [-0.15, -0.1) is 0 Å². The minimum absolute atomic E-state index is 0.217. The highest BCUT2D eigenvalue weighted by atomic mass is 35.5. The average Bonchev–Trinajstić information content (AvgIpc) is 2.52. The van der Waals surface area contributed by atoms with E-state index in [0.717, 1.165) is 11.3 Å². The number of halogens is 1. The molecule has 2 rings (SSSR count). The van der Waals surface area contributed by atoms with Crippen LogP contribution >= 0.6 is 11.6 Å². The van der Waals surface area contributed by atoms with Crippen molar-refractivity contribution < 1.29 is 9.53 Å². The molecule has 0 bridgehead atoms. The molecule has 0 spiro atoms. The largest absolute Gasteiger partial charge is 0.492 e. The Morgan fingerprint density at radius 2 is 1.91 bits per heavy atom. The number of rotatable bonds is 6. The van der Waals surface area contributed by atoms with Crippen molar-refractivity contribution in [3.63, 3.8) is 0 Å². The number of nitrogens with one attached hydrogen (secondary N) is 2. The highest BCUT2D eigenvalue weighted by Crippen LogP contribution is 2.22. The van der Waals surface area contributed by atoms with Gasteiger partial charge in [-0.2, -0.15) is 0 Å². The molecule has 0 aromatic heterocycles. The van der Waals surface area contributed by atoms with E-state index in [-0.39, 0.29) is 6.03 Å². The van der Waals surface area contributed by atoms with Crippen molar-refractivity contribution in [2.75, 3.05) is 18.5 Å². The number of carbonyl (C=O) groups excluding carboxylic acids is 1. The number of para-hydroxylation sites is 1. The molecule has 0 saturated carbocycles. The Bertz CT molecular complexity index is 674. The summed E-state index contributed by atoms with van der Waals surface area (Å²) in [5, 5.41) is 6.21. The van der Waals surface area contributed by atoms with Crippen LogP contribution in [0.4, 0.5) is 10.5 Å². The van der Waals surface area contributed by atoms with E-state index in [9.17, 15) is 4.79 Å². The first-order valence-corrected chi connectivity index (χ1v) is 7.93. The molecule has 0 heterocycles. The van der Waals surface area contributed by atoms with Crippen LogP contribution in [-0.2, 0) is 0 Å². The second-order valence-electron chi connectivity index (χ2n) is 5.31. The highest BCUT2D eigenvalue weighted by Gasteiger charge is 2.03. The molecule has 0 aliphatic carbocycles. The summed E-state index contributed by atoms with van der Waals surface area (Å²) in [6.07, 6.45) is 0.700. The molecule has 0 fully saturated rings. The first-order valence-electron chi connectivity index (χ1n) is 7.55. The summed E-state index contributed by atoms with van der Waals surface area (Å²) in [6.45, 7) is 5.08. The molecular formula is C18H21ClN2O2. The van der Waals surface area contributed by atoms with Gasteiger partial charge >= 0.3 is 6.03 Å². The Morgan fingerprint density at radius 3 is 2.65 bits per heavy atom. The predicted molar refractivity (Wildman–Crippen MR) is 94.5 cm³/mol. The van der Waals surface area contributed by atoms with Crippen molar-refractivity contribution in [1.29, 1.82) is 0 Å². The van der Waals surface area contributed by atoms with Gasteiger partial charge in [0.15, 0.2) is 0 Å². The van der Waals surface area contributed by atoms with Gasteiger partial charge in [-0.3, -0.25) is 0 Å². The van der Waals surface area contributed by atoms with E-state index in [4.69, 9.17) is 16.3 Å². The van der Waals surface area contributed by atoms with Crippen LogP contribution in [0.15, 0.2) is 42.5 Å². The fourth-order valence-electron chi connectivity index (χ4n) is 2.01. The number of carbonyl (C=O) groups is 1. The fraction of sp³-hybridized carbons (Fsp3) is 0.278. The zero-order chi connectivity index (χ0) is 16.7. The van der Waals surface area contributed by atoms with Crippen LogP contribution in [0.1, 0.15) is 17.5 Å². The summed E-state index contributed by atoms with van der Waals surface area (Å²) < 4.78 is 5.56. The third-order valence-electron chi connectivity index (χ3n) is 3.47. The second-order valence-corrected chi connectivity index (χ2v) is 5.72. The highest BCUT2D eigenvalue weighted by molar-refractivity contribution is 6.32. The Labute approximate surface area is 141 Å². The van der Waals surface area contributed by atoms with E-state index >= 15 is 0 Å². The van der Waals surface area contributed by atoms with Gasteiger partial charge in [-0.25, -0.2) is 4.79 Å². The van der Waals surface area contributed by atoms with Gasteiger partial charge in [0.05, 0.1) is 11.6 Å². The van der Waals surface area contributed by atoms with Crippen molar-refractivity contribution in [3.05, 3.63) is 58.6 Å². The number of benzene rings is 2. The molecule has 2 aromatic rings. The molecule has 0 aliphatic heterocycles. The van der Waals surface area contributed by atoms with Gasteiger partial charge in [0, 0.05) is 12.2 Å². The maximum atomic E-state index is 11.8. The Balaban J connectivity index is 1.67. The van der Waals surface area contributed by atoms with Crippen molar-refractivity contribution in [3.8, 4) is 5.75 Å². The smallest absolute Gasteiger partial charge is 0.319 e. The quantitative estimate of drug-likeness (QED) is 0.762. The summed E-state index contributed by atoms with van der Waals surface area (Å²) in [6, 6.07) is 12.9. The van der Waals surface area contributed by atoms with Crippen LogP contribution < -0.4 is 15.4 Å². The van der Waals surface area contributed by atoms with Crippen LogP contribution in [0, 0.1) is 13.8 Å². The fourth-order valence-corrected chi connectivity index (χ4v) is 2.20. The molecule has 2 N–H and O–H groups in total. The third kappa shape index (κ3) is 5.49. The topological polar surface area (TPSA) is 50.4 Å². The number of anilines is 1. The summed E-state index contributed by atoms with van der Waals surface area (Å²) >= 11 is 6.00. The van der Waals surface area contributed by atoms with Gasteiger partial charge in [0.1, 0.15) is 5.75 Å². The monoisotopic (exact) mass is 332 g/mol.